The number of carbonyl (C=O) groups is 2. The second-order valence-electron chi connectivity index (χ2n) is 7.28. The van der Waals surface area contributed by atoms with E-state index < -0.39 is 89.7 Å². The number of carboxylic acid groups (broad SMARTS) is 1. The lowest BCUT2D eigenvalue weighted by molar-refractivity contribution is -0.484. The summed E-state index contributed by atoms with van der Waals surface area (Å²) in [5.41, 5.74) is 0. The topological polar surface area (TPSA) is 63.6 Å². The van der Waals surface area contributed by atoms with Crippen molar-refractivity contribution in [3.05, 3.63) is 12.2 Å². The molecule has 0 aliphatic heterocycles. The number of rotatable bonds is 12. The van der Waals surface area contributed by atoms with E-state index >= 15 is 0 Å². The second-order valence-corrected chi connectivity index (χ2v) is 7.28. The molecule has 42 heavy (non-hydrogen) atoms. The third-order valence-electron chi connectivity index (χ3n) is 4.47. The summed E-state index contributed by atoms with van der Waals surface area (Å²) >= 11 is 0. The molecular formula is C15H3F23O4. The molecule has 0 amide bonds. The van der Waals surface area contributed by atoms with Crippen LogP contribution in [0.2, 0.25) is 0 Å². The maximum atomic E-state index is 13.6. The molecule has 0 heterocycles. The van der Waals surface area contributed by atoms with Gasteiger partial charge in [-0.15, -0.1) is 0 Å². The Bertz CT molecular complexity index is 1070. The molecule has 0 saturated heterocycles. The van der Waals surface area contributed by atoms with Gasteiger partial charge in [0.2, 0.25) is 0 Å². The fourth-order valence-corrected chi connectivity index (χ4v) is 2.10. The Kier molecular flexibility index (Phi) is 9.37. The smallest absolute Gasteiger partial charge is 0.473 e. The molecule has 248 valence electrons. The average Bonchev–Trinajstić information content (AvgIpc) is 2.75. The lowest BCUT2D eigenvalue weighted by Crippen LogP contribution is -2.77. The molecule has 0 aliphatic rings. The van der Waals surface area contributed by atoms with Gasteiger partial charge in [0.1, 0.15) is 0 Å². The molecule has 27 heteroatoms. The zero-order valence-electron chi connectivity index (χ0n) is 18.0. The normalized spacial score (nSPS) is 16.2. The first-order chi connectivity index (χ1) is 17.8. The van der Waals surface area contributed by atoms with E-state index in [-0.39, 0.29) is 0 Å². The summed E-state index contributed by atoms with van der Waals surface area (Å²) in [5, 5.41) is 8.02. The molecule has 4 nitrogen and oxygen atoms in total. The van der Waals surface area contributed by atoms with Crippen molar-refractivity contribution in [2.45, 2.75) is 65.6 Å². The summed E-state index contributed by atoms with van der Waals surface area (Å²) in [6.45, 7) is 0. The standard InChI is InChI=1S/C15H3F23O4/c16-5(17,6(18,19)8(22,23)10(26,27)12(30,31)14(34,35)36)7(20,21)9(24,25)11(28,29)13(32,33)15(37,38)42-4(41)2-1-3(39)40/h1-2H,(H,39,40)/b2-1-. The molecule has 0 aromatic heterocycles. The lowest BCUT2D eigenvalue weighted by atomic mass is 9.86. The third kappa shape index (κ3) is 5.12. The first kappa shape index (κ1) is 39.1. The fourth-order valence-electron chi connectivity index (χ4n) is 2.10. The zero-order valence-corrected chi connectivity index (χ0v) is 18.0. The summed E-state index contributed by atoms with van der Waals surface area (Å²) in [6.07, 6.45) is -17.4. The Balaban J connectivity index is 7.11. The Morgan fingerprint density at radius 2 is 0.643 bits per heavy atom. The van der Waals surface area contributed by atoms with Crippen LogP contribution in [0.25, 0.3) is 0 Å². The van der Waals surface area contributed by atoms with Crippen LogP contribution in [-0.4, -0.2) is 82.6 Å². The highest BCUT2D eigenvalue weighted by molar-refractivity contribution is 5.90. The highest BCUT2D eigenvalue weighted by Crippen LogP contribution is 2.67. The van der Waals surface area contributed by atoms with Crippen molar-refractivity contribution in [3.8, 4) is 0 Å². The molecule has 1 N–H and O–H groups in total. The van der Waals surface area contributed by atoms with Crippen LogP contribution in [0.15, 0.2) is 12.2 Å². The molecule has 0 unspecified atom stereocenters. The molecule has 0 spiro atoms. The number of carbonyl (C=O) groups excluding carboxylic acids is 1. The summed E-state index contributed by atoms with van der Waals surface area (Å²) < 4.78 is 305. The maximum absolute atomic E-state index is 13.6. The number of aliphatic carboxylic acids is 1. The van der Waals surface area contributed by atoms with Crippen LogP contribution >= 0.6 is 0 Å². The molecule has 0 aliphatic carbocycles. The van der Waals surface area contributed by atoms with Gasteiger partial charge >= 0.3 is 77.5 Å². The van der Waals surface area contributed by atoms with Crippen molar-refractivity contribution in [2.75, 3.05) is 0 Å². The molecule has 0 atom stereocenters. The first-order valence-electron chi connectivity index (χ1n) is 8.80. The van der Waals surface area contributed by atoms with Gasteiger partial charge in [0.05, 0.1) is 0 Å². The molecule has 0 aromatic rings. The number of alkyl halides is 23. The second kappa shape index (κ2) is 10.1. The van der Waals surface area contributed by atoms with Crippen molar-refractivity contribution in [1.29, 1.82) is 0 Å². The maximum Gasteiger partial charge on any atom is 0.473 e. The van der Waals surface area contributed by atoms with Crippen LogP contribution in [0.3, 0.4) is 0 Å². The summed E-state index contributed by atoms with van der Waals surface area (Å²) in [7, 11) is 0. The number of carboxylic acids is 1. The Hall–Kier alpha value is -2.93. The Morgan fingerprint density at radius 3 is 0.881 bits per heavy atom. The fraction of sp³-hybridized carbons (Fsp3) is 0.733. The van der Waals surface area contributed by atoms with Crippen LogP contribution in [0, 0.1) is 0 Å². The minimum absolute atomic E-state index is 0.641. The minimum atomic E-state index is -9.55. The van der Waals surface area contributed by atoms with Gasteiger partial charge in [-0.05, 0) is 0 Å². The Labute approximate surface area is 211 Å². The highest BCUT2D eigenvalue weighted by atomic mass is 19.4. The van der Waals surface area contributed by atoms with E-state index in [0.717, 1.165) is 0 Å². The lowest BCUT2D eigenvalue weighted by Gasteiger charge is -2.44. The molecule has 0 fully saturated rings. The van der Waals surface area contributed by atoms with Gasteiger partial charge in [0.15, 0.2) is 0 Å². The molecule has 0 radical (unpaired) electrons. The minimum Gasteiger partial charge on any atom is -0.478 e. The molecular weight excluding hydrogens is 681 g/mol. The van der Waals surface area contributed by atoms with E-state index in [2.05, 4.69) is 4.74 Å². The van der Waals surface area contributed by atoms with Crippen LogP contribution in [0.5, 0.6) is 0 Å². The monoisotopic (exact) mass is 684 g/mol. The number of hydrogen-bond donors (Lipinski definition) is 1. The largest absolute Gasteiger partial charge is 0.478 e. The van der Waals surface area contributed by atoms with Crippen LogP contribution in [0.4, 0.5) is 101 Å². The predicted molar refractivity (Wildman–Crippen MR) is 78.4 cm³/mol. The quantitative estimate of drug-likeness (QED) is 0.136. The number of halogens is 23. The van der Waals surface area contributed by atoms with Gasteiger partial charge < -0.3 is 9.84 Å². The van der Waals surface area contributed by atoms with Crippen molar-refractivity contribution in [2.24, 2.45) is 0 Å². The average molecular weight is 684 g/mol. The van der Waals surface area contributed by atoms with Crippen molar-refractivity contribution < 1.29 is 120 Å². The Morgan fingerprint density at radius 1 is 0.405 bits per heavy atom. The van der Waals surface area contributed by atoms with E-state index in [1.165, 1.54) is 0 Å². The van der Waals surface area contributed by atoms with Crippen molar-refractivity contribution >= 4 is 11.9 Å². The zero-order chi connectivity index (χ0) is 34.8. The number of ether oxygens (including phenoxy) is 1. The van der Waals surface area contributed by atoms with Crippen LogP contribution in [-0.2, 0) is 14.3 Å². The number of hydrogen-bond acceptors (Lipinski definition) is 3. The SMILES string of the molecule is O=C(O)/C=C\C(=O)OC(F)(F)C(F)(F)C(F)(F)C(F)(F)C(F)(F)C(F)(F)C(F)(F)C(F)(F)C(F)(F)C(F)(F)C(F)(F)F. The van der Waals surface area contributed by atoms with Gasteiger partial charge in [-0.2, -0.15) is 101 Å². The number of esters is 1. The molecule has 0 saturated carbocycles. The van der Waals surface area contributed by atoms with Crippen molar-refractivity contribution in [3.63, 3.8) is 0 Å². The predicted octanol–water partition coefficient (Wildman–Crippen LogP) is 7.04. The summed E-state index contributed by atoms with van der Waals surface area (Å²) in [5.74, 6) is -88.2. The summed E-state index contributed by atoms with van der Waals surface area (Å²) in [6, 6.07) is 0. The van der Waals surface area contributed by atoms with E-state index in [9.17, 15) is 111 Å². The van der Waals surface area contributed by atoms with Gasteiger partial charge in [-0.3, -0.25) is 0 Å². The third-order valence-corrected chi connectivity index (χ3v) is 4.47. The van der Waals surface area contributed by atoms with Crippen LogP contribution < -0.4 is 0 Å². The van der Waals surface area contributed by atoms with E-state index in [4.69, 9.17) is 5.11 Å². The summed E-state index contributed by atoms with van der Waals surface area (Å²) in [4.78, 5) is 20.8. The molecule has 0 aromatic carbocycles. The van der Waals surface area contributed by atoms with E-state index in [1.54, 1.807) is 0 Å². The highest BCUT2D eigenvalue weighted by Gasteiger charge is 2.99. The first-order valence-corrected chi connectivity index (χ1v) is 8.80. The molecule has 0 bridgehead atoms. The van der Waals surface area contributed by atoms with Gasteiger partial charge in [-0.25, -0.2) is 9.59 Å². The molecule has 0 rings (SSSR count). The van der Waals surface area contributed by atoms with Gasteiger partial charge in [0.25, 0.3) is 0 Å². The van der Waals surface area contributed by atoms with Crippen LogP contribution in [0.1, 0.15) is 0 Å². The van der Waals surface area contributed by atoms with E-state index in [0.29, 0.717) is 0 Å². The van der Waals surface area contributed by atoms with Gasteiger partial charge in [-0.1, -0.05) is 0 Å². The van der Waals surface area contributed by atoms with Crippen molar-refractivity contribution in [1.82, 2.24) is 0 Å². The van der Waals surface area contributed by atoms with Gasteiger partial charge in [0, 0.05) is 12.2 Å². The van der Waals surface area contributed by atoms with E-state index in [1.807, 2.05) is 0 Å².